The number of nitrogens with one attached hydrogen (secondary N) is 1. The van der Waals surface area contributed by atoms with Gasteiger partial charge in [-0.05, 0) is 43.2 Å². The van der Waals surface area contributed by atoms with Gasteiger partial charge in [-0.1, -0.05) is 12.8 Å². The van der Waals surface area contributed by atoms with E-state index >= 15 is 0 Å². The Hall–Kier alpha value is -2.50. The Morgan fingerprint density at radius 2 is 1.65 bits per heavy atom. The van der Waals surface area contributed by atoms with Crippen LogP contribution in [0.25, 0.3) is 0 Å². The maximum Gasteiger partial charge on any atom is 0.227 e. The van der Waals surface area contributed by atoms with Crippen molar-refractivity contribution in [3.05, 3.63) is 36.5 Å². The molecule has 0 amide bonds. The Bertz CT molecular complexity index is 706. The molecule has 0 spiro atoms. The van der Waals surface area contributed by atoms with E-state index in [1.54, 1.807) is 7.11 Å². The summed E-state index contributed by atoms with van der Waals surface area (Å²) in [4.78, 5) is 13.9. The number of hydrogen-bond acceptors (Lipinski definition) is 6. The van der Waals surface area contributed by atoms with Crippen molar-refractivity contribution in [2.75, 3.05) is 48.4 Å². The first-order valence-electron chi connectivity index (χ1n) is 9.55. The van der Waals surface area contributed by atoms with Crippen molar-refractivity contribution in [2.24, 2.45) is 0 Å². The number of anilines is 3. The number of piperazine rings is 1. The zero-order chi connectivity index (χ0) is 17.8. The zero-order valence-electron chi connectivity index (χ0n) is 15.4. The van der Waals surface area contributed by atoms with Gasteiger partial charge in [-0.15, -0.1) is 0 Å². The van der Waals surface area contributed by atoms with Crippen molar-refractivity contribution < 1.29 is 4.74 Å². The minimum Gasteiger partial charge on any atom is -0.497 e. The van der Waals surface area contributed by atoms with E-state index in [2.05, 4.69) is 32.2 Å². The van der Waals surface area contributed by atoms with Gasteiger partial charge in [0.25, 0.3) is 0 Å². The number of ether oxygens (including phenoxy) is 1. The third-order valence-electron chi connectivity index (χ3n) is 5.35. The molecular weight excluding hydrogens is 326 g/mol. The van der Waals surface area contributed by atoms with E-state index in [9.17, 15) is 0 Å². The first-order valence-corrected chi connectivity index (χ1v) is 9.55. The van der Waals surface area contributed by atoms with Gasteiger partial charge in [-0.3, -0.25) is 0 Å². The summed E-state index contributed by atoms with van der Waals surface area (Å²) in [5.41, 5.74) is 1.24. The molecule has 2 aromatic rings. The van der Waals surface area contributed by atoms with Gasteiger partial charge in [-0.25, -0.2) is 4.98 Å². The molecule has 0 bridgehead atoms. The molecular formula is C20H27N5O. The lowest BCUT2D eigenvalue weighted by molar-refractivity contribution is 0.415. The Morgan fingerprint density at radius 3 is 2.35 bits per heavy atom. The van der Waals surface area contributed by atoms with Gasteiger partial charge in [0.05, 0.1) is 7.11 Å². The van der Waals surface area contributed by atoms with Crippen LogP contribution in [0.4, 0.5) is 17.5 Å². The predicted octanol–water partition coefficient (Wildman–Crippen LogP) is 3.17. The monoisotopic (exact) mass is 353 g/mol. The third-order valence-corrected chi connectivity index (χ3v) is 5.35. The lowest BCUT2D eigenvalue weighted by Gasteiger charge is -2.36. The topological polar surface area (TPSA) is 53.5 Å². The molecule has 6 heteroatoms. The molecule has 0 radical (unpaired) electrons. The average molecular weight is 353 g/mol. The highest BCUT2D eigenvalue weighted by Gasteiger charge is 2.20. The largest absolute Gasteiger partial charge is 0.497 e. The molecule has 1 saturated heterocycles. The van der Waals surface area contributed by atoms with Crippen LogP contribution in [0, 0.1) is 0 Å². The van der Waals surface area contributed by atoms with E-state index in [0.29, 0.717) is 6.04 Å². The highest BCUT2D eigenvalue weighted by molar-refractivity contribution is 5.51. The van der Waals surface area contributed by atoms with Crippen LogP contribution >= 0.6 is 0 Å². The van der Waals surface area contributed by atoms with Crippen LogP contribution in [0.2, 0.25) is 0 Å². The number of aromatic nitrogens is 2. The third kappa shape index (κ3) is 3.84. The summed E-state index contributed by atoms with van der Waals surface area (Å²) in [5.74, 6) is 2.69. The molecule has 26 heavy (non-hydrogen) atoms. The zero-order valence-corrected chi connectivity index (χ0v) is 15.4. The molecule has 0 atom stereocenters. The van der Waals surface area contributed by atoms with E-state index in [0.717, 1.165) is 43.7 Å². The molecule has 2 aliphatic rings. The van der Waals surface area contributed by atoms with Crippen LogP contribution in [0.3, 0.4) is 0 Å². The van der Waals surface area contributed by atoms with Crippen LogP contribution in [-0.4, -0.2) is 49.3 Å². The standard InChI is InChI=1S/C20H27N5O/c1-26-18-8-6-17(7-9-18)24-12-14-25(15-13-24)20-21-11-10-19(23-20)22-16-4-2-3-5-16/h6-11,16H,2-5,12-15H2,1H3,(H,21,22,23). The molecule has 1 N–H and O–H groups in total. The molecule has 1 aliphatic heterocycles. The fourth-order valence-corrected chi connectivity index (χ4v) is 3.82. The van der Waals surface area contributed by atoms with E-state index in [4.69, 9.17) is 9.72 Å². The molecule has 4 rings (SSSR count). The maximum atomic E-state index is 5.24. The maximum absolute atomic E-state index is 5.24. The second-order valence-corrected chi connectivity index (χ2v) is 7.04. The smallest absolute Gasteiger partial charge is 0.227 e. The number of benzene rings is 1. The van der Waals surface area contributed by atoms with Gasteiger partial charge in [0, 0.05) is 44.1 Å². The lowest BCUT2D eigenvalue weighted by atomic mass is 10.2. The molecule has 2 fully saturated rings. The van der Waals surface area contributed by atoms with Crippen molar-refractivity contribution in [3.63, 3.8) is 0 Å². The van der Waals surface area contributed by atoms with Crippen LogP contribution in [0.5, 0.6) is 5.75 Å². The Morgan fingerprint density at radius 1 is 0.962 bits per heavy atom. The fourth-order valence-electron chi connectivity index (χ4n) is 3.82. The lowest BCUT2D eigenvalue weighted by Crippen LogP contribution is -2.47. The van der Waals surface area contributed by atoms with Gasteiger partial charge in [0.15, 0.2) is 0 Å². The molecule has 2 heterocycles. The van der Waals surface area contributed by atoms with Crippen LogP contribution < -0.4 is 19.9 Å². The number of nitrogens with zero attached hydrogens (tertiary/aromatic N) is 4. The Balaban J connectivity index is 1.36. The number of rotatable bonds is 5. The van der Waals surface area contributed by atoms with E-state index in [-0.39, 0.29) is 0 Å². The first-order chi connectivity index (χ1) is 12.8. The van der Waals surface area contributed by atoms with Gasteiger partial charge in [0.2, 0.25) is 5.95 Å². The second kappa shape index (κ2) is 7.81. The SMILES string of the molecule is COc1ccc(N2CCN(c3nccc(NC4CCCC4)n3)CC2)cc1. The highest BCUT2D eigenvalue weighted by Crippen LogP contribution is 2.24. The predicted molar refractivity (Wildman–Crippen MR) is 105 cm³/mol. The molecule has 6 nitrogen and oxygen atoms in total. The van der Waals surface area contributed by atoms with Crippen LogP contribution in [0.1, 0.15) is 25.7 Å². The quantitative estimate of drug-likeness (QED) is 0.891. The second-order valence-electron chi connectivity index (χ2n) is 7.04. The van der Waals surface area contributed by atoms with Crippen molar-refractivity contribution in [3.8, 4) is 5.75 Å². The van der Waals surface area contributed by atoms with Gasteiger partial charge in [-0.2, -0.15) is 4.98 Å². The molecule has 1 aromatic heterocycles. The first kappa shape index (κ1) is 16.9. The normalized spacial score (nSPS) is 18.2. The summed E-state index contributed by atoms with van der Waals surface area (Å²) in [5, 5.41) is 3.57. The highest BCUT2D eigenvalue weighted by atomic mass is 16.5. The summed E-state index contributed by atoms with van der Waals surface area (Å²) in [6.45, 7) is 3.80. The van der Waals surface area contributed by atoms with Crippen molar-refractivity contribution in [1.82, 2.24) is 9.97 Å². The summed E-state index contributed by atoms with van der Waals surface area (Å²) in [6, 6.07) is 10.8. The number of methoxy groups -OCH3 is 1. The summed E-state index contributed by atoms with van der Waals surface area (Å²) >= 11 is 0. The van der Waals surface area contributed by atoms with Crippen molar-refractivity contribution in [1.29, 1.82) is 0 Å². The molecule has 1 aliphatic carbocycles. The average Bonchev–Trinajstić information content (AvgIpc) is 3.21. The van der Waals surface area contributed by atoms with Gasteiger partial charge < -0.3 is 19.9 Å². The summed E-state index contributed by atoms with van der Waals surface area (Å²) < 4.78 is 5.24. The molecule has 138 valence electrons. The Labute approximate surface area is 155 Å². The van der Waals surface area contributed by atoms with E-state index in [1.807, 2.05) is 24.4 Å². The van der Waals surface area contributed by atoms with Crippen molar-refractivity contribution >= 4 is 17.5 Å². The van der Waals surface area contributed by atoms with E-state index < -0.39 is 0 Å². The molecule has 0 unspecified atom stereocenters. The minimum absolute atomic E-state index is 0.574. The van der Waals surface area contributed by atoms with Crippen LogP contribution in [-0.2, 0) is 0 Å². The van der Waals surface area contributed by atoms with E-state index in [1.165, 1.54) is 31.4 Å². The van der Waals surface area contributed by atoms with Crippen LogP contribution in [0.15, 0.2) is 36.5 Å². The van der Waals surface area contributed by atoms with Gasteiger partial charge >= 0.3 is 0 Å². The number of hydrogen-bond donors (Lipinski definition) is 1. The van der Waals surface area contributed by atoms with Gasteiger partial charge in [0.1, 0.15) is 11.6 Å². The summed E-state index contributed by atoms with van der Waals surface area (Å²) in [7, 11) is 1.70. The van der Waals surface area contributed by atoms with Crippen molar-refractivity contribution in [2.45, 2.75) is 31.7 Å². The molecule has 1 saturated carbocycles. The Kier molecular flexibility index (Phi) is 5.09. The molecule has 1 aromatic carbocycles. The minimum atomic E-state index is 0.574. The summed E-state index contributed by atoms with van der Waals surface area (Å²) in [6.07, 6.45) is 7.01. The fraction of sp³-hybridized carbons (Fsp3) is 0.500.